The topological polar surface area (TPSA) is 168 Å². The van der Waals surface area contributed by atoms with E-state index in [0.29, 0.717) is 6.42 Å². The summed E-state index contributed by atoms with van der Waals surface area (Å²) in [5.74, 6) is -2.60. The van der Waals surface area contributed by atoms with Gasteiger partial charge in [0.05, 0.1) is 38.6 Å². The minimum atomic E-state index is -1.36. The number of carbonyl (C=O) groups excluding carboxylic acids is 3. The van der Waals surface area contributed by atoms with Crippen LogP contribution in [0, 0.1) is 0 Å². The number of oxime groups is 1. The van der Waals surface area contributed by atoms with Gasteiger partial charge in [0.2, 0.25) is 5.76 Å². The van der Waals surface area contributed by atoms with Crippen molar-refractivity contribution in [3.8, 4) is 0 Å². The molecule has 2 unspecified atom stereocenters. The summed E-state index contributed by atoms with van der Waals surface area (Å²) < 4.78 is 20.5. The van der Waals surface area contributed by atoms with Crippen LogP contribution in [0.2, 0.25) is 0 Å². The molecule has 1 aliphatic heterocycles. The molecule has 1 aromatic carbocycles. The Morgan fingerprint density at radius 1 is 1.20 bits per heavy atom. The number of esters is 2. The molecular formula is C23H31N3O9. The number of nitrogens with zero attached hydrogens (tertiary/aromatic N) is 1. The highest BCUT2D eigenvalue weighted by molar-refractivity contribution is 5.96. The van der Waals surface area contributed by atoms with Crippen LogP contribution in [0.15, 0.2) is 47.3 Å². The summed E-state index contributed by atoms with van der Waals surface area (Å²) >= 11 is 0. The van der Waals surface area contributed by atoms with E-state index < -0.39 is 35.4 Å². The van der Waals surface area contributed by atoms with Crippen molar-refractivity contribution in [2.45, 2.75) is 44.9 Å². The van der Waals surface area contributed by atoms with Crippen molar-refractivity contribution in [3.63, 3.8) is 0 Å². The zero-order chi connectivity index (χ0) is 25.7. The normalized spacial score (nSPS) is 20.5. The van der Waals surface area contributed by atoms with Crippen LogP contribution in [-0.2, 0) is 40.0 Å². The molecule has 0 bridgehead atoms. The van der Waals surface area contributed by atoms with Crippen molar-refractivity contribution in [3.05, 3.63) is 47.7 Å². The molecule has 192 valence electrons. The smallest absolute Gasteiger partial charge is 0.408 e. The first-order valence-corrected chi connectivity index (χ1v) is 11.1. The van der Waals surface area contributed by atoms with Crippen LogP contribution in [0.1, 0.15) is 32.3 Å². The lowest BCUT2D eigenvalue weighted by molar-refractivity contribution is -0.144. The maximum atomic E-state index is 12.6. The summed E-state index contributed by atoms with van der Waals surface area (Å²) in [6.07, 6.45) is 0.123. The highest BCUT2D eigenvalue weighted by Crippen LogP contribution is 2.24. The van der Waals surface area contributed by atoms with Gasteiger partial charge in [-0.05, 0) is 32.3 Å². The van der Waals surface area contributed by atoms with E-state index in [-0.39, 0.29) is 45.3 Å². The minimum absolute atomic E-state index is 0.0196. The van der Waals surface area contributed by atoms with Crippen LogP contribution in [0.4, 0.5) is 4.79 Å². The monoisotopic (exact) mass is 493 g/mol. The number of aliphatic hydroxyl groups is 1. The van der Waals surface area contributed by atoms with Gasteiger partial charge >= 0.3 is 18.0 Å². The van der Waals surface area contributed by atoms with E-state index in [1.807, 2.05) is 18.2 Å². The van der Waals surface area contributed by atoms with Crippen LogP contribution >= 0.6 is 0 Å². The molecule has 1 fully saturated rings. The Bertz CT molecular complexity index is 910. The Morgan fingerprint density at radius 2 is 1.91 bits per heavy atom. The lowest BCUT2D eigenvalue weighted by Crippen LogP contribution is -2.63. The van der Waals surface area contributed by atoms with Crippen LogP contribution in [0.3, 0.4) is 0 Å². The number of nitrogens with one attached hydrogen (secondary N) is 1. The lowest BCUT2D eigenvalue weighted by Gasteiger charge is -2.38. The lowest BCUT2D eigenvalue weighted by atomic mass is 9.89. The first-order chi connectivity index (χ1) is 16.8. The van der Waals surface area contributed by atoms with E-state index in [1.165, 1.54) is 0 Å². The molecule has 1 aliphatic rings. The molecule has 2 atom stereocenters. The van der Waals surface area contributed by atoms with E-state index in [1.54, 1.807) is 26.0 Å². The number of amides is 1. The predicted octanol–water partition coefficient (Wildman–Crippen LogP) is 1.12. The van der Waals surface area contributed by atoms with Gasteiger partial charge in [-0.25, -0.2) is 14.4 Å². The van der Waals surface area contributed by atoms with Crippen molar-refractivity contribution in [1.29, 1.82) is 0 Å². The third kappa shape index (κ3) is 8.58. The number of amidine groups is 1. The van der Waals surface area contributed by atoms with Crippen LogP contribution < -0.4 is 11.1 Å². The van der Waals surface area contributed by atoms with Gasteiger partial charge in [-0.2, -0.15) is 0 Å². The molecule has 0 radical (unpaired) electrons. The summed E-state index contributed by atoms with van der Waals surface area (Å²) in [6.45, 7) is 2.95. The standard InChI is InChI=1S/C23H31N3O9/c1-3-31-19(28)12-18(20(29)32-4-2)35-26-21(24)23(11-10-17(13-27)34-15-23)25-22(30)33-14-16-8-6-5-7-9-16/h5-9,12,17,27H,3-4,10-11,13-15H2,1-2H3,(H2,24,26)(H,25,30). The second-order valence-corrected chi connectivity index (χ2v) is 7.47. The maximum absolute atomic E-state index is 12.6. The molecule has 1 aromatic rings. The molecule has 0 spiro atoms. The summed E-state index contributed by atoms with van der Waals surface area (Å²) in [4.78, 5) is 41.6. The molecule has 1 saturated heterocycles. The molecular weight excluding hydrogens is 462 g/mol. The number of ether oxygens (including phenoxy) is 4. The zero-order valence-corrected chi connectivity index (χ0v) is 19.7. The number of carbonyl (C=O) groups is 3. The van der Waals surface area contributed by atoms with Crippen molar-refractivity contribution >= 4 is 23.9 Å². The number of alkyl carbamates (subject to hydrolysis) is 1. The Kier molecular flexibility index (Phi) is 11.0. The van der Waals surface area contributed by atoms with E-state index >= 15 is 0 Å². The van der Waals surface area contributed by atoms with E-state index in [4.69, 9.17) is 29.5 Å². The fourth-order valence-electron chi connectivity index (χ4n) is 3.09. The van der Waals surface area contributed by atoms with Gasteiger partial charge in [-0.1, -0.05) is 35.5 Å². The van der Waals surface area contributed by atoms with Gasteiger partial charge in [-0.3, -0.25) is 0 Å². The minimum Gasteiger partial charge on any atom is -0.463 e. The molecule has 0 aliphatic carbocycles. The molecule has 0 saturated carbocycles. The first-order valence-electron chi connectivity index (χ1n) is 11.1. The molecule has 2 rings (SSSR count). The van der Waals surface area contributed by atoms with E-state index in [9.17, 15) is 19.5 Å². The summed E-state index contributed by atoms with van der Waals surface area (Å²) in [5, 5.41) is 15.8. The number of aliphatic hydroxyl groups excluding tert-OH is 1. The fourth-order valence-corrected chi connectivity index (χ4v) is 3.09. The van der Waals surface area contributed by atoms with E-state index in [0.717, 1.165) is 11.6 Å². The van der Waals surface area contributed by atoms with Crippen molar-refractivity contribution in [2.75, 3.05) is 26.4 Å². The molecule has 1 amide bonds. The third-order valence-electron chi connectivity index (χ3n) is 4.96. The Balaban J connectivity index is 2.19. The second-order valence-electron chi connectivity index (χ2n) is 7.47. The Labute approximate surface area is 203 Å². The first kappa shape index (κ1) is 27.6. The second kappa shape index (κ2) is 13.9. The molecule has 35 heavy (non-hydrogen) atoms. The highest BCUT2D eigenvalue weighted by Gasteiger charge is 2.42. The summed E-state index contributed by atoms with van der Waals surface area (Å²) in [7, 11) is 0. The zero-order valence-electron chi connectivity index (χ0n) is 19.7. The number of rotatable bonds is 11. The SMILES string of the molecule is CCOC(=O)C=C(O/N=C(\N)C1(NC(=O)OCc2ccccc2)CCC(CO)OC1)C(=O)OCC. The van der Waals surface area contributed by atoms with Gasteiger partial charge in [-0.15, -0.1) is 0 Å². The molecule has 4 N–H and O–H groups in total. The molecule has 12 nitrogen and oxygen atoms in total. The van der Waals surface area contributed by atoms with Gasteiger partial charge in [0.15, 0.2) is 5.84 Å². The van der Waals surface area contributed by atoms with Gasteiger partial charge < -0.3 is 39.9 Å². The highest BCUT2D eigenvalue weighted by atomic mass is 16.7. The van der Waals surface area contributed by atoms with E-state index in [2.05, 4.69) is 10.5 Å². The van der Waals surface area contributed by atoms with Crippen molar-refractivity contribution in [1.82, 2.24) is 5.32 Å². The van der Waals surface area contributed by atoms with Crippen LogP contribution in [-0.4, -0.2) is 67.0 Å². The number of benzene rings is 1. The van der Waals surface area contributed by atoms with Crippen LogP contribution in [0.25, 0.3) is 0 Å². The largest absolute Gasteiger partial charge is 0.463 e. The quantitative estimate of drug-likeness (QED) is 0.0772. The van der Waals surface area contributed by atoms with Crippen molar-refractivity contribution in [2.24, 2.45) is 10.9 Å². The third-order valence-corrected chi connectivity index (χ3v) is 4.96. The Hall–Kier alpha value is -3.64. The molecule has 0 aromatic heterocycles. The van der Waals surface area contributed by atoms with Gasteiger partial charge in [0, 0.05) is 0 Å². The maximum Gasteiger partial charge on any atom is 0.408 e. The average Bonchev–Trinajstić information content (AvgIpc) is 2.86. The average molecular weight is 494 g/mol. The summed E-state index contributed by atoms with van der Waals surface area (Å²) in [6, 6.07) is 9.07. The summed E-state index contributed by atoms with van der Waals surface area (Å²) in [5.41, 5.74) is 5.58. The number of hydrogen-bond donors (Lipinski definition) is 3. The van der Waals surface area contributed by atoms with Gasteiger partial charge in [0.1, 0.15) is 12.1 Å². The molecule has 12 heteroatoms. The number of hydrogen-bond acceptors (Lipinski definition) is 10. The molecule has 1 heterocycles. The van der Waals surface area contributed by atoms with Gasteiger partial charge in [0.25, 0.3) is 0 Å². The predicted molar refractivity (Wildman–Crippen MR) is 123 cm³/mol. The van der Waals surface area contributed by atoms with Crippen LogP contribution in [0.5, 0.6) is 0 Å². The Morgan fingerprint density at radius 3 is 2.51 bits per heavy atom. The van der Waals surface area contributed by atoms with Crippen molar-refractivity contribution < 1.29 is 43.3 Å². The number of nitrogens with two attached hydrogens (primary N) is 1. The fraction of sp³-hybridized carbons (Fsp3) is 0.478.